The molecule has 4 bridgehead atoms. The number of nitrogens with zero attached hydrogens (tertiary/aromatic N) is 3. The molecule has 3 aliphatic heterocycles. The number of para-hydroxylation sites is 2. The maximum atomic E-state index is 5.79. The molecule has 4 heterocycles. The van der Waals surface area contributed by atoms with E-state index in [-0.39, 0.29) is 0 Å². The summed E-state index contributed by atoms with van der Waals surface area (Å²) in [6.07, 6.45) is 18.3. The van der Waals surface area contributed by atoms with Crippen LogP contribution in [0.15, 0.2) is 24.3 Å². The molecule has 3 unspecified atom stereocenters. The monoisotopic (exact) mass is 476 g/mol. The molecule has 2 aliphatic carbocycles. The number of piperidine rings is 2. The van der Waals surface area contributed by atoms with Gasteiger partial charge >= 0.3 is 0 Å². The second-order valence-electron chi connectivity index (χ2n) is 12.5. The van der Waals surface area contributed by atoms with Gasteiger partial charge in [-0.25, -0.2) is 4.98 Å². The van der Waals surface area contributed by atoms with E-state index >= 15 is 0 Å². The van der Waals surface area contributed by atoms with E-state index in [1.807, 2.05) is 0 Å². The molecule has 2 saturated carbocycles. The van der Waals surface area contributed by atoms with Crippen LogP contribution < -0.4 is 5.32 Å². The number of hydrogen-bond donors (Lipinski definition) is 1. The van der Waals surface area contributed by atoms with Crippen molar-refractivity contribution in [3.63, 3.8) is 0 Å². The van der Waals surface area contributed by atoms with E-state index in [1.54, 1.807) is 0 Å². The molecular weight excluding hydrogens is 432 g/mol. The molecule has 5 fully saturated rings. The molecule has 1 N–H and O–H groups in total. The van der Waals surface area contributed by atoms with Gasteiger partial charge in [0, 0.05) is 43.2 Å². The van der Waals surface area contributed by atoms with E-state index in [2.05, 4.69) is 39.0 Å². The van der Waals surface area contributed by atoms with E-state index in [4.69, 9.17) is 9.72 Å². The van der Waals surface area contributed by atoms with Gasteiger partial charge in [0.15, 0.2) is 0 Å². The minimum absolute atomic E-state index is 0.379. The zero-order valence-electron chi connectivity index (χ0n) is 21.4. The number of imidazole rings is 1. The molecule has 5 aliphatic rings. The fourth-order valence-electron chi connectivity index (χ4n) is 8.92. The Hall–Kier alpha value is -1.43. The molecule has 2 aromatic rings. The third-order valence-corrected chi connectivity index (χ3v) is 10.2. The van der Waals surface area contributed by atoms with Gasteiger partial charge in [0.25, 0.3) is 0 Å². The lowest BCUT2D eigenvalue weighted by Gasteiger charge is -2.54. The van der Waals surface area contributed by atoms with E-state index in [0.29, 0.717) is 12.1 Å². The summed E-state index contributed by atoms with van der Waals surface area (Å²) in [5.41, 5.74) is 2.52. The number of benzene rings is 1. The average molecular weight is 477 g/mol. The molecule has 7 atom stereocenters. The van der Waals surface area contributed by atoms with Crippen LogP contribution in [0.1, 0.15) is 88.9 Å². The van der Waals surface area contributed by atoms with Crippen LogP contribution in [0.2, 0.25) is 0 Å². The van der Waals surface area contributed by atoms with Gasteiger partial charge in [0.05, 0.1) is 24.2 Å². The fourth-order valence-corrected chi connectivity index (χ4v) is 8.92. The summed E-state index contributed by atoms with van der Waals surface area (Å²) < 4.78 is 8.47. The highest BCUT2D eigenvalue weighted by Gasteiger charge is 2.45. The number of fused-ring (bicyclic) bond motifs is 5. The second kappa shape index (κ2) is 9.79. The Morgan fingerprint density at radius 3 is 2.34 bits per heavy atom. The fraction of sp³-hybridized carbons (Fsp3) is 0.767. The van der Waals surface area contributed by atoms with Crippen LogP contribution in [0.5, 0.6) is 0 Å². The Kier molecular flexibility index (Phi) is 6.36. The van der Waals surface area contributed by atoms with Crippen molar-refractivity contribution >= 4 is 11.0 Å². The molecule has 0 amide bonds. The molecule has 35 heavy (non-hydrogen) atoms. The van der Waals surface area contributed by atoms with Gasteiger partial charge in [0.2, 0.25) is 0 Å². The van der Waals surface area contributed by atoms with E-state index < -0.39 is 0 Å². The van der Waals surface area contributed by atoms with E-state index in [9.17, 15) is 0 Å². The maximum absolute atomic E-state index is 5.79. The first-order valence-electron chi connectivity index (χ1n) is 14.9. The molecule has 0 radical (unpaired) electrons. The predicted molar refractivity (Wildman–Crippen MR) is 141 cm³/mol. The Labute approximate surface area is 211 Å². The van der Waals surface area contributed by atoms with Crippen molar-refractivity contribution in [2.45, 2.75) is 114 Å². The lowest BCUT2D eigenvalue weighted by atomic mass is 9.73. The van der Waals surface area contributed by atoms with Crippen molar-refractivity contribution in [3.8, 4) is 0 Å². The largest absolute Gasteiger partial charge is 0.379 e. The summed E-state index contributed by atoms with van der Waals surface area (Å²) >= 11 is 0. The topological polar surface area (TPSA) is 42.3 Å². The van der Waals surface area contributed by atoms with Crippen molar-refractivity contribution in [1.29, 1.82) is 0 Å². The Bertz CT molecular complexity index is 985. The first-order valence-corrected chi connectivity index (χ1v) is 14.9. The molecule has 5 nitrogen and oxygen atoms in total. The molecule has 3 saturated heterocycles. The van der Waals surface area contributed by atoms with Crippen molar-refractivity contribution in [2.24, 2.45) is 11.8 Å². The SMILES string of the molecule is c1ccc2c(c1)nc(CC1COCCN1)n2C1C[C@H]2CCC[C@@H](C1)N2C1C[C@H]2CCCC[C@@H](C1)C2. The van der Waals surface area contributed by atoms with E-state index in [0.717, 1.165) is 56.1 Å². The number of rotatable bonds is 4. The van der Waals surface area contributed by atoms with Crippen LogP contribution in [-0.2, 0) is 11.2 Å². The highest BCUT2D eigenvalue weighted by atomic mass is 16.5. The van der Waals surface area contributed by atoms with Gasteiger partial charge in [-0.15, -0.1) is 0 Å². The van der Waals surface area contributed by atoms with Crippen LogP contribution >= 0.6 is 0 Å². The summed E-state index contributed by atoms with van der Waals surface area (Å²) in [5.74, 6) is 3.29. The van der Waals surface area contributed by atoms with Gasteiger partial charge in [-0.3, -0.25) is 4.90 Å². The van der Waals surface area contributed by atoms with Gasteiger partial charge in [0.1, 0.15) is 5.82 Å². The number of morpholine rings is 1. The summed E-state index contributed by atoms with van der Waals surface area (Å²) in [5, 5.41) is 3.67. The minimum Gasteiger partial charge on any atom is -0.379 e. The highest BCUT2D eigenvalue weighted by molar-refractivity contribution is 5.76. The smallest absolute Gasteiger partial charge is 0.111 e. The third kappa shape index (κ3) is 4.46. The van der Waals surface area contributed by atoms with Crippen molar-refractivity contribution in [1.82, 2.24) is 19.8 Å². The summed E-state index contributed by atoms with van der Waals surface area (Å²) in [6, 6.07) is 12.2. The molecule has 1 aromatic carbocycles. The van der Waals surface area contributed by atoms with Crippen LogP contribution in [0, 0.1) is 11.8 Å². The van der Waals surface area contributed by atoms with E-state index in [1.165, 1.54) is 93.9 Å². The van der Waals surface area contributed by atoms with Crippen molar-refractivity contribution in [3.05, 3.63) is 30.1 Å². The number of nitrogens with one attached hydrogen (secondary N) is 1. The predicted octanol–water partition coefficient (Wildman–Crippen LogP) is 5.48. The van der Waals surface area contributed by atoms with Gasteiger partial charge < -0.3 is 14.6 Å². The maximum Gasteiger partial charge on any atom is 0.111 e. The van der Waals surface area contributed by atoms with Crippen molar-refractivity contribution < 1.29 is 4.74 Å². The van der Waals surface area contributed by atoms with Crippen LogP contribution in [0.4, 0.5) is 0 Å². The first-order chi connectivity index (χ1) is 17.3. The highest BCUT2D eigenvalue weighted by Crippen LogP contribution is 2.47. The third-order valence-electron chi connectivity index (χ3n) is 10.2. The second-order valence-corrected chi connectivity index (χ2v) is 12.5. The standard InChI is InChI=1S/C30H44N4O/c1-2-7-22-14-21(6-1)15-26(16-22)33-24-8-5-9-25(33)19-27(18-24)34-29-11-4-3-10-28(29)32-30(34)17-23-20-35-13-12-31-23/h3-4,10-11,21-27,31H,1-2,5-9,12-20H2/t21-,22+,23?,24-,25+,26?,27?. The number of aromatic nitrogens is 2. The zero-order valence-corrected chi connectivity index (χ0v) is 21.4. The van der Waals surface area contributed by atoms with Crippen molar-refractivity contribution in [2.75, 3.05) is 19.8 Å². The summed E-state index contributed by atoms with van der Waals surface area (Å²) in [6.45, 7) is 2.59. The van der Waals surface area contributed by atoms with Gasteiger partial charge in [-0.1, -0.05) is 44.2 Å². The molecule has 0 spiro atoms. The van der Waals surface area contributed by atoms with Crippen LogP contribution in [0.3, 0.4) is 0 Å². The zero-order chi connectivity index (χ0) is 23.2. The number of ether oxygens (including phenoxy) is 1. The lowest BCUT2D eigenvalue weighted by Crippen LogP contribution is -2.58. The summed E-state index contributed by atoms with van der Waals surface area (Å²) in [4.78, 5) is 8.28. The first kappa shape index (κ1) is 22.7. The summed E-state index contributed by atoms with van der Waals surface area (Å²) in [7, 11) is 0. The number of hydrogen-bond acceptors (Lipinski definition) is 4. The minimum atomic E-state index is 0.379. The van der Waals surface area contributed by atoms with Gasteiger partial charge in [-0.2, -0.15) is 0 Å². The Balaban J connectivity index is 1.16. The molecular formula is C30H44N4O. The van der Waals surface area contributed by atoms with Gasteiger partial charge in [-0.05, 0) is 68.9 Å². The van der Waals surface area contributed by atoms with Crippen LogP contribution in [-0.4, -0.2) is 58.4 Å². The Morgan fingerprint density at radius 2 is 1.60 bits per heavy atom. The molecule has 5 heteroatoms. The Morgan fingerprint density at radius 1 is 0.829 bits per heavy atom. The molecule has 1 aromatic heterocycles. The molecule has 190 valence electrons. The molecule has 7 rings (SSSR count). The quantitative estimate of drug-likeness (QED) is 0.634. The van der Waals surface area contributed by atoms with Crippen LogP contribution in [0.25, 0.3) is 11.0 Å². The average Bonchev–Trinajstić information content (AvgIpc) is 3.14. The normalized spacial score (nSPS) is 38.3. The lowest BCUT2D eigenvalue weighted by molar-refractivity contribution is -0.0421.